The summed E-state index contributed by atoms with van der Waals surface area (Å²) >= 11 is 0. The lowest BCUT2D eigenvalue weighted by molar-refractivity contribution is -0.117. The van der Waals surface area contributed by atoms with Crippen molar-refractivity contribution in [2.75, 3.05) is 5.32 Å². The minimum atomic E-state index is -3.62. The van der Waals surface area contributed by atoms with E-state index in [4.69, 9.17) is 0 Å². The van der Waals surface area contributed by atoms with E-state index in [1.807, 2.05) is 0 Å². The van der Waals surface area contributed by atoms with E-state index in [0.717, 1.165) is 23.3 Å². The van der Waals surface area contributed by atoms with Crippen molar-refractivity contribution in [3.63, 3.8) is 0 Å². The third-order valence-corrected chi connectivity index (χ3v) is 5.21. The number of hydrogen-bond acceptors (Lipinski definition) is 5. The number of carbonyl (C=O) groups excluding carboxylic acids is 1. The molecule has 1 saturated carbocycles. The Morgan fingerprint density at radius 1 is 1.06 bits per heavy atom. The molecule has 1 amide bonds. The second-order valence-corrected chi connectivity index (χ2v) is 8.13. The molecule has 0 radical (unpaired) electrons. The second-order valence-electron chi connectivity index (χ2n) is 8.13. The molecule has 0 aromatic carbocycles. The maximum absolute atomic E-state index is 15.4. The third kappa shape index (κ3) is 3.39. The average molecular weight is 429 g/mol. The number of pyridine rings is 1. The fourth-order valence-corrected chi connectivity index (χ4v) is 3.25. The van der Waals surface area contributed by atoms with Gasteiger partial charge in [-0.3, -0.25) is 9.20 Å². The SMILES string of the molecule is CC(C)(F)c1ccc2nnc(C(F)(F)c3ccc4nc(NC(=O)C5CC5)cn4n3)n2c1. The minimum absolute atomic E-state index is 0.0157. The Hall–Kier alpha value is -3.50. The summed E-state index contributed by atoms with van der Waals surface area (Å²) in [5.74, 6) is -4.21. The van der Waals surface area contributed by atoms with E-state index in [1.54, 1.807) is 0 Å². The molecule has 160 valence electrons. The van der Waals surface area contributed by atoms with Crippen molar-refractivity contribution in [2.24, 2.45) is 5.92 Å². The number of halogens is 3. The Kier molecular flexibility index (Phi) is 4.08. The number of fused-ring (bicyclic) bond motifs is 2. The summed E-state index contributed by atoms with van der Waals surface area (Å²) in [5.41, 5.74) is -1.63. The van der Waals surface area contributed by atoms with Crippen molar-refractivity contribution in [3.8, 4) is 0 Å². The number of hydrogen-bond donors (Lipinski definition) is 1. The molecule has 0 bridgehead atoms. The molecule has 0 aliphatic heterocycles. The lowest BCUT2D eigenvalue weighted by Crippen LogP contribution is -2.22. The lowest BCUT2D eigenvalue weighted by atomic mass is 10.0. The van der Waals surface area contributed by atoms with Crippen LogP contribution in [0.25, 0.3) is 11.3 Å². The number of aromatic nitrogens is 6. The Morgan fingerprint density at radius 2 is 1.81 bits per heavy atom. The Bertz CT molecular complexity index is 1320. The first-order valence-electron chi connectivity index (χ1n) is 9.73. The van der Waals surface area contributed by atoms with Crippen LogP contribution in [0, 0.1) is 5.92 Å². The molecule has 1 aliphatic carbocycles. The van der Waals surface area contributed by atoms with Gasteiger partial charge < -0.3 is 5.32 Å². The van der Waals surface area contributed by atoms with Gasteiger partial charge in [0.1, 0.15) is 11.4 Å². The van der Waals surface area contributed by atoms with Gasteiger partial charge >= 0.3 is 5.92 Å². The topological polar surface area (TPSA) is 89.5 Å². The molecule has 0 atom stereocenters. The van der Waals surface area contributed by atoms with Gasteiger partial charge in [-0.05, 0) is 44.9 Å². The van der Waals surface area contributed by atoms with Gasteiger partial charge in [0, 0.05) is 17.7 Å². The smallest absolute Gasteiger partial charge is 0.309 e. The van der Waals surface area contributed by atoms with Crippen LogP contribution in [0.1, 0.15) is 43.8 Å². The van der Waals surface area contributed by atoms with Crippen LogP contribution >= 0.6 is 0 Å². The molecule has 0 spiro atoms. The van der Waals surface area contributed by atoms with Crippen LogP contribution in [-0.2, 0) is 16.4 Å². The van der Waals surface area contributed by atoms with E-state index in [1.165, 1.54) is 49.0 Å². The van der Waals surface area contributed by atoms with Gasteiger partial charge in [0.15, 0.2) is 17.1 Å². The molecule has 5 rings (SSSR count). The highest BCUT2D eigenvalue weighted by atomic mass is 19.3. The first kappa shape index (κ1) is 19.5. The number of carbonyl (C=O) groups is 1. The molecule has 8 nitrogen and oxygen atoms in total. The summed E-state index contributed by atoms with van der Waals surface area (Å²) in [6.07, 6.45) is 4.31. The van der Waals surface area contributed by atoms with Crippen LogP contribution in [0.5, 0.6) is 0 Å². The van der Waals surface area contributed by atoms with Crippen molar-refractivity contribution in [3.05, 3.63) is 53.7 Å². The van der Waals surface area contributed by atoms with Crippen LogP contribution in [0.3, 0.4) is 0 Å². The number of anilines is 1. The third-order valence-electron chi connectivity index (χ3n) is 5.21. The molecule has 1 fully saturated rings. The fraction of sp³-hybridized carbons (Fsp3) is 0.350. The molecular formula is C20H18F3N7O. The summed E-state index contributed by atoms with van der Waals surface area (Å²) in [5, 5.41) is 14.0. The van der Waals surface area contributed by atoms with Gasteiger partial charge in [0.2, 0.25) is 11.7 Å². The fourth-order valence-electron chi connectivity index (χ4n) is 3.25. The molecule has 1 N–H and O–H groups in total. The largest absolute Gasteiger partial charge is 0.350 e. The monoisotopic (exact) mass is 429 g/mol. The highest BCUT2D eigenvalue weighted by molar-refractivity contribution is 5.93. The highest BCUT2D eigenvalue weighted by Gasteiger charge is 2.42. The maximum Gasteiger partial charge on any atom is 0.350 e. The van der Waals surface area contributed by atoms with Gasteiger partial charge in [-0.25, -0.2) is 13.9 Å². The van der Waals surface area contributed by atoms with Crippen LogP contribution in [0.4, 0.5) is 19.0 Å². The highest BCUT2D eigenvalue weighted by Crippen LogP contribution is 2.35. The van der Waals surface area contributed by atoms with Crippen LogP contribution in [-0.4, -0.2) is 35.1 Å². The molecule has 11 heteroatoms. The maximum atomic E-state index is 15.4. The van der Waals surface area contributed by atoms with Crippen molar-refractivity contribution in [2.45, 2.75) is 38.3 Å². The van der Waals surface area contributed by atoms with E-state index >= 15 is 8.78 Å². The lowest BCUT2D eigenvalue weighted by Gasteiger charge is -2.17. The summed E-state index contributed by atoms with van der Waals surface area (Å²) < 4.78 is 47.3. The molecular weight excluding hydrogens is 411 g/mol. The first-order chi connectivity index (χ1) is 14.6. The number of imidazole rings is 1. The van der Waals surface area contributed by atoms with Crippen LogP contribution in [0.15, 0.2) is 36.7 Å². The number of rotatable bonds is 5. The van der Waals surface area contributed by atoms with Crippen molar-refractivity contribution in [1.29, 1.82) is 0 Å². The zero-order valence-electron chi connectivity index (χ0n) is 16.7. The molecule has 31 heavy (non-hydrogen) atoms. The zero-order valence-corrected chi connectivity index (χ0v) is 16.7. The second kappa shape index (κ2) is 6.50. The molecule has 0 unspecified atom stereocenters. The molecule has 1 aliphatic rings. The van der Waals surface area contributed by atoms with E-state index in [2.05, 4.69) is 25.6 Å². The standard InChI is InChI=1S/C20H18F3N7O/c1-19(2,21)12-5-7-16-26-27-18(29(16)9-12)20(22,23)13-6-8-15-24-14(10-30(15)28-13)25-17(31)11-3-4-11/h5-11H,3-4H2,1-2H3,(H,25,31). The van der Waals surface area contributed by atoms with Crippen molar-refractivity contribution >= 4 is 23.0 Å². The van der Waals surface area contributed by atoms with Gasteiger partial charge in [0.05, 0.1) is 6.20 Å². The Morgan fingerprint density at radius 3 is 2.52 bits per heavy atom. The normalized spacial score (nSPS) is 15.0. The predicted octanol–water partition coefficient (Wildman–Crippen LogP) is 3.47. The first-order valence-corrected chi connectivity index (χ1v) is 9.73. The van der Waals surface area contributed by atoms with Gasteiger partial charge in [-0.1, -0.05) is 6.07 Å². The molecule has 4 aromatic heterocycles. The van der Waals surface area contributed by atoms with Gasteiger partial charge in [0.25, 0.3) is 0 Å². The van der Waals surface area contributed by atoms with Crippen molar-refractivity contribution < 1.29 is 18.0 Å². The Labute approximate surface area is 174 Å². The van der Waals surface area contributed by atoms with E-state index in [9.17, 15) is 9.18 Å². The predicted molar refractivity (Wildman–Crippen MR) is 104 cm³/mol. The van der Waals surface area contributed by atoms with Gasteiger partial charge in [-0.15, -0.1) is 10.2 Å². The summed E-state index contributed by atoms with van der Waals surface area (Å²) in [6.45, 7) is 2.68. The van der Waals surface area contributed by atoms with E-state index < -0.39 is 23.1 Å². The summed E-state index contributed by atoms with van der Waals surface area (Å²) in [6, 6.07) is 5.44. The molecule has 0 saturated heterocycles. The summed E-state index contributed by atoms with van der Waals surface area (Å²) in [7, 11) is 0. The average Bonchev–Trinajstić information content (AvgIpc) is 3.34. The number of amides is 1. The number of nitrogens with one attached hydrogen (secondary N) is 1. The Balaban J connectivity index is 1.53. The number of nitrogens with zero attached hydrogens (tertiary/aromatic N) is 6. The molecule has 4 aromatic rings. The van der Waals surface area contributed by atoms with Crippen LogP contribution < -0.4 is 5.32 Å². The van der Waals surface area contributed by atoms with Gasteiger partial charge in [-0.2, -0.15) is 13.9 Å². The van der Waals surface area contributed by atoms with E-state index in [0.29, 0.717) is 5.65 Å². The minimum Gasteiger partial charge on any atom is -0.309 e. The molecule has 4 heterocycles. The number of alkyl halides is 3. The van der Waals surface area contributed by atoms with Crippen LogP contribution in [0.2, 0.25) is 0 Å². The zero-order chi connectivity index (χ0) is 22.0. The summed E-state index contributed by atoms with van der Waals surface area (Å²) in [4.78, 5) is 16.1. The quantitative estimate of drug-likeness (QED) is 0.525. The van der Waals surface area contributed by atoms with Crippen molar-refractivity contribution in [1.82, 2.24) is 29.2 Å². The van der Waals surface area contributed by atoms with E-state index in [-0.39, 0.29) is 28.9 Å².